The summed E-state index contributed by atoms with van der Waals surface area (Å²) in [5, 5.41) is 0. The van der Waals surface area contributed by atoms with E-state index < -0.39 is 0 Å². The highest BCUT2D eigenvalue weighted by molar-refractivity contribution is 14.1. The van der Waals surface area contributed by atoms with Crippen LogP contribution >= 0.6 is 22.6 Å². The Morgan fingerprint density at radius 3 is 0.787 bits per heavy atom. The Morgan fingerprint density at radius 2 is 0.557 bits per heavy atom. The Balaban J connectivity index is 1.42. The molecule has 3 aromatic heterocycles. The van der Waals surface area contributed by atoms with Crippen molar-refractivity contribution >= 4 is 69.0 Å². The van der Waals surface area contributed by atoms with Crippen molar-refractivity contribution in [1.82, 2.24) is 19.9 Å². The standard InChI is InChI=1S/C56H53IN4/c1-54(2,3)38-18-10-34(11-19-38)50-42-26-28-44(58-42)51(35-12-20-39(21-13-35)55(4,5)6)46-30-32-48(60-46)53(37-16-24-41(57)25-17-37)49-33-31-47(61-49)52(45-29-27-43(50)59-45)36-14-22-40(23-15-36)56(7,8)9/h10-33,58,61H,1-9H3. The molecule has 4 aromatic carbocycles. The number of H-pyrrole nitrogens is 2. The van der Waals surface area contributed by atoms with Crippen LogP contribution in [0.1, 0.15) is 102 Å². The van der Waals surface area contributed by atoms with Crippen LogP contribution in [0.25, 0.3) is 90.9 Å². The summed E-state index contributed by atoms with van der Waals surface area (Å²) < 4.78 is 1.18. The Labute approximate surface area is 374 Å². The Morgan fingerprint density at radius 1 is 0.328 bits per heavy atom. The van der Waals surface area contributed by atoms with E-state index in [2.05, 4.69) is 241 Å². The molecule has 0 saturated heterocycles. The van der Waals surface area contributed by atoms with E-state index in [1.165, 1.54) is 20.3 Å². The lowest BCUT2D eigenvalue weighted by Crippen LogP contribution is -2.10. The highest BCUT2D eigenvalue weighted by Gasteiger charge is 2.22. The van der Waals surface area contributed by atoms with Crippen LogP contribution in [0.5, 0.6) is 0 Å². The number of fused-ring (bicyclic) bond motifs is 8. The van der Waals surface area contributed by atoms with Crippen molar-refractivity contribution in [2.75, 3.05) is 0 Å². The van der Waals surface area contributed by atoms with Crippen LogP contribution in [0, 0.1) is 3.57 Å². The maximum atomic E-state index is 5.53. The van der Waals surface area contributed by atoms with E-state index in [0.29, 0.717) is 0 Å². The zero-order chi connectivity index (χ0) is 42.8. The molecule has 304 valence electrons. The first-order chi connectivity index (χ1) is 29.0. The highest BCUT2D eigenvalue weighted by atomic mass is 127. The fourth-order valence-corrected chi connectivity index (χ4v) is 8.81. The van der Waals surface area contributed by atoms with E-state index in [0.717, 1.165) is 89.4 Å². The second-order valence-corrected chi connectivity index (χ2v) is 20.7. The number of rotatable bonds is 4. The van der Waals surface area contributed by atoms with E-state index in [1.54, 1.807) is 0 Å². The molecular weight excluding hydrogens is 856 g/mol. The molecule has 8 bridgehead atoms. The maximum absolute atomic E-state index is 5.53. The van der Waals surface area contributed by atoms with Gasteiger partial charge in [-0.1, -0.05) is 147 Å². The SMILES string of the molecule is CC(C)(C)c1ccc(-c2c3nc(c(-c4ccc(C(C)(C)C)cc4)c4ccc([nH]4)c(-c4ccc(C(C)(C)C)cc4)c4nc(c(-c5ccc(I)cc5)c5ccc2[nH]5)C=C4)C=C3)cc1. The Kier molecular flexibility index (Phi) is 10.2. The Bertz CT molecular complexity index is 2970. The van der Waals surface area contributed by atoms with Crippen LogP contribution < -0.4 is 0 Å². The molecule has 5 heterocycles. The normalized spacial score (nSPS) is 13.0. The second kappa shape index (κ2) is 15.3. The fourth-order valence-electron chi connectivity index (χ4n) is 8.45. The topological polar surface area (TPSA) is 57.4 Å². The summed E-state index contributed by atoms with van der Waals surface area (Å²) in [6.45, 7) is 20.3. The molecule has 9 rings (SSSR count). The maximum Gasteiger partial charge on any atom is 0.0737 e. The van der Waals surface area contributed by atoms with Crippen LogP contribution in [0.4, 0.5) is 0 Å². The van der Waals surface area contributed by atoms with E-state index in [-0.39, 0.29) is 16.2 Å². The van der Waals surface area contributed by atoms with Gasteiger partial charge in [0.15, 0.2) is 0 Å². The van der Waals surface area contributed by atoms with Crippen LogP contribution in [0.3, 0.4) is 0 Å². The molecule has 0 saturated carbocycles. The lowest BCUT2D eigenvalue weighted by Gasteiger charge is -2.19. The molecule has 5 heteroatoms. The van der Waals surface area contributed by atoms with Gasteiger partial charge in [0, 0.05) is 47.9 Å². The molecule has 0 amide bonds. The largest absolute Gasteiger partial charge is 0.354 e. The third-order valence-corrected chi connectivity index (χ3v) is 12.7. The molecule has 2 N–H and O–H groups in total. The van der Waals surface area contributed by atoms with Crippen molar-refractivity contribution in [3.63, 3.8) is 0 Å². The summed E-state index contributed by atoms with van der Waals surface area (Å²) in [6, 6.07) is 44.6. The molecule has 7 aromatic rings. The molecule has 2 aliphatic rings. The van der Waals surface area contributed by atoms with Gasteiger partial charge in [0.25, 0.3) is 0 Å². The summed E-state index contributed by atoms with van der Waals surface area (Å²) in [5.41, 5.74) is 20.2. The number of hydrogen-bond donors (Lipinski definition) is 2. The number of hydrogen-bond acceptors (Lipinski definition) is 2. The second-order valence-electron chi connectivity index (χ2n) is 19.5. The molecule has 0 radical (unpaired) electrons. The third-order valence-electron chi connectivity index (χ3n) is 12.0. The summed E-state index contributed by atoms with van der Waals surface area (Å²) in [4.78, 5) is 18.9. The number of nitrogens with one attached hydrogen (secondary N) is 2. The predicted molar refractivity (Wildman–Crippen MR) is 269 cm³/mol. The number of aromatic amines is 2. The molecule has 4 nitrogen and oxygen atoms in total. The quantitative estimate of drug-likeness (QED) is 0.173. The summed E-state index contributed by atoms with van der Waals surface area (Å²) >= 11 is 2.38. The van der Waals surface area contributed by atoms with E-state index in [4.69, 9.17) is 9.97 Å². The lowest BCUT2D eigenvalue weighted by atomic mass is 9.86. The van der Waals surface area contributed by atoms with Gasteiger partial charge >= 0.3 is 0 Å². The van der Waals surface area contributed by atoms with Gasteiger partial charge < -0.3 is 9.97 Å². The van der Waals surface area contributed by atoms with Crippen molar-refractivity contribution in [2.24, 2.45) is 0 Å². The lowest BCUT2D eigenvalue weighted by molar-refractivity contribution is 0.590. The van der Waals surface area contributed by atoms with E-state index >= 15 is 0 Å². The summed E-state index contributed by atoms with van der Waals surface area (Å²) in [7, 11) is 0. The van der Waals surface area contributed by atoms with Crippen LogP contribution in [-0.4, -0.2) is 19.9 Å². The first kappa shape index (κ1) is 40.6. The monoisotopic (exact) mass is 908 g/mol. The molecule has 0 unspecified atom stereocenters. The number of nitrogens with zero attached hydrogens (tertiary/aromatic N) is 2. The zero-order valence-corrected chi connectivity index (χ0v) is 38.8. The van der Waals surface area contributed by atoms with Crippen molar-refractivity contribution in [1.29, 1.82) is 0 Å². The third kappa shape index (κ3) is 7.96. The predicted octanol–water partition coefficient (Wildman–Crippen LogP) is 15.8. The minimum atomic E-state index is 0.0322. The van der Waals surface area contributed by atoms with Gasteiger partial charge in [-0.25, -0.2) is 9.97 Å². The van der Waals surface area contributed by atoms with Crippen molar-refractivity contribution in [2.45, 2.75) is 78.6 Å². The molecule has 61 heavy (non-hydrogen) atoms. The summed E-state index contributed by atoms with van der Waals surface area (Å²) in [6.07, 6.45) is 8.70. The molecule has 2 aliphatic heterocycles. The average molecular weight is 909 g/mol. The van der Waals surface area contributed by atoms with Gasteiger partial charge in [0.1, 0.15) is 0 Å². The van der Waals surface area contributed by atoms with Gasteiger partial charge in [-0.15, -0.1) is 0 Å². The molecule has 0 spiro atoms. The number of benzene rings is 4. The van der Waals surface area contributed by atoms with E-state index in [9.17, 15) is 0 Å². The molecular formula is C56H53IN4. The van der Waals surface area contributed by atoms with Gasteiger partial charge in [0.05, 0.1) is 22.8 Å². The van der Waals surface area contributed by atoms with Crippen LogP contribution in [0.2, 0.25) is 0 Å². The molecule has 0 fully saturated rings. The van der Waals surface area contributed by atoms with E-state index in [1.807, 2.05) is 0 Å². The highest BCUT2D eigenvalue weighted by Crippen LogP contribution is 2.40. The first-order valence-corrected chi connectivity index (χ1v) is 22.3. The van der Waals surface area contributed by atoms with Crippen molar-refractivity contribution in [3.8, 4) is 44.5 Å². The fraction of sp³-hybridized carbons (Fsp3) is 0.214. The minimum absolute atomic E-state index is 0.0322. The van der Waals surface area contributed by atoms with Crippen LogP contribution in [0.15, 0.2) is 121 Å². The molecule has 0 aliphatic carbocycles. The van der Waals surface area contributed by atoms with Crippen molar-refractivity contribution in [3.05, 3.63) is 164 Å². The van der Waals surface area contributed by atoms with Gasteiger partial charge in [-0.3, -0.25) is 0 Å². The Hall–Kier alpha value is -5.79. The zero-order valence-electron chi connectivity index (χ0n) is 36.6. The van der Waals surface area contributed by atoms with Gasteiger partial charge in [-0.2, -0.15) is 0 Å². The van der Waals surface area contributed by atoms with Crippen molar-refractivity contribution < 1.29 is 0 Å². The smallest absolute Gasteiger partial charge is 0.0737 e. The summed E-state index contributed by atoms with van der Waals surface area (Å²) in [5.74, 6) is 0. The number of aromatic nitrogens is 4. The van der Waals surface area contributed by atoms with Crippen LogP contribution in [-0.2, 0) is 16.2 Å². The van der Waals surface area contributed by atoms with Gasteiger partial charge in [0.2, 0.25) is 0 Å². The number of halogens is 1. The first-order valence-electron chi connectivity index (χ1n) is 21.3. The molecule has 0 atom stereocenters. The van der Waals surface area contributed by atoms with Gasteiger partial charge in [-0.05, 0) is 138 Å². The minimum Gasteiger partial charge on any atom is -0.354 e. The average Bonchev–Trinajstić information content (AvgIpc) is 4.06.